The summed E-state index contributed by atoms with van der Waals surface area (Å²) in [5.41, 5.74) is 1.02. The maximum Gasteiger partial charge on any atom is 0.411 e. The fourth-order valence-corrected chi connectivity index (χ4v) is 2.17. The lowest BCUT2D eigenvalue weighted by molar-refractivity contribution is -0.173. The third-order valence-electron chi connectivity index (χ3n) is 3.56. The van der Waals surface area contributed by atoms with Crippen LogP contribution >= 0.6 is 24.0 Å². The van der Waals surface area contributed by atoms with Crippen LogP contribution in [0.5, 0.6) is 5.75 Å². The standard InChI is InChI=1S/C19H30F3N3O3.HI/c1-3-27-12-4-10-23-18(24-11-5-13-28-15-19(20,21)22)25-14-16-6-8-17(26-2)9-7-16;/h6-9H,3-5,10-15H2,1-2H3,(H2,23,24,25);1H. The van der Waals surface area contributed by atoms with Gasteiger partial charge >= 0.3 is 6.18 Å². The van der Waals surface area contributed by atoms with Crippen molar-refractivity contribution in [1.82, 2.24) is 10.6 Å². The van der Waals surface area contributed by atoms with Crippen LogP contribution in [-0.4, -0.2) is 58.8 Å². The molecule has 0 bridgehead atoms. The minimum Gasteiger partial charge on any atom is -0.497 e. The van der Waals surface area contributed by atoms with Gasteiger partial charge in [0.25, 0.3) is 0 Å². The van der Waals surface area contributed by atoms with Crippen molar-refractivity contribution >= 4 is 29.9 Å². The lowest BCUT2D eigenvalue weighted by Gasteiger charge is -2.13. The zero-order valence-corrected chi connectivity index (χ0v) is 19.2. The Morgan fingerprint density at radius 1 is 1.00 bits per heavy atom. The number of alkyl halides is 3. The molecule has 0 unspecified atom stereocenters. The molecule has 0 fully saturated rings. The Morgan fingerprint density at radius 3 is 2.10 bits per heavy atom. The molecular formula is C19H31F3IN3O3. The van der Waals surface area contributed by atoms with Gasteiger partial charge in [-0.05, 0) is 37.5 Å². The van der Waals surface area contributed by atoms with Gasteiger partial charge in [-0.1, -0.05) is 12.1 Å². The fourth-order valence-electron chi connectivity index (χ4n) is 2.17. The predicted molar refractivity (Wildman–Crippen MR) is 118 cm³/mol. The summed E-state index contributed by atoms with van der Waals surface area (Å²) in [6.45, 7) is 3.68. The Kier molecular flexibility index (Phi) is 15.8. The van der Waals surface area contributed by atoms with Crippen molar-refractivity contribution in [3.05, 3.63) is 29.8 Å². The van der Waals surface area contributed by atoms with Crippen LogP contribution in [0.3, 0.4) is 0 Å². The molecule has 0 aliphatic carbocycles. The van der Waals surface area contributed by atoms with Gasteiger partial charge in [-0.2, -0.15) is 13.2 Å². The molecule has 6 nitrogen and oxygen atoms in total. The summed E-state index contributed by atoms with van der Waals surface area (Å²) in [5.74, 6) is 1.38. The number of hydrogen-bond acceptors (Lipinski definition) is 4. The number of methoxy groups -OCH3 is 1. The van der Waals surface area contributed by atoms with E-state index in [1.165, 1.54) is 0 Å². The lowest BCUT2D eigenvalue weighted by atomic mass is 10.2. The Labute approximate surface area is 187 Å². The van der Waals surface area contributed by atoms with Gasteiger partial charge in [0.1, 0.15) is 12.4 Å². The summed E-state index contributed by atoms with van der Waals surface area (Å²) in [5, 5.41) is 6.31. The number of aliphatic imine (C=N–C) groups is 1. The molecule has 0 atom stereocenters. The van der Waals surface area contributed by atoms with Crippen molar-refractivity contribution in [3.8, 4) is 5.75 Å². The first-order chi connectivity index (χ1) is 13.4. The number of guanidine groups is 1. The molecule has 0 aromatic heterocycles. The monoisotopic (exact) mass is 533 g/mol. The second-order valence-electron chi connectivity index (χ2n) is 5.94. The highest BCUT2D eigenvalue weighted by Crippen LogP contribution is 2.14. The number of rotatable bonds is 13. The number of ether oxygens (including phenoxy) is 3. The minimum atomic E-state index is -4.29. The summed E-state index contributed by atoms with van der Waals surface area (Å²) in [4.78, 5) is 4.52. The zero-order chi connectivity index (χ0) is 20.7. The quantitative estimate of drug-likeness (QED) is 0.175. The van der Waals surface area contributed by atoms with Gasteiger partial charge < -0.3 is 24.8 Å². The highest BCUT2D eigenvalue weighted by atomic mass is 127. The largest absolute Gasteiger partial charge is 0.497 e. The smallest absolute Gasteiger partial charge is 0.411 e. The summed E-state index contributed by atoms with van der Waals surface area (Å²) < 4.78 is 51.2. The van der Waals surface area contributed by atoms with Gasteiger partial charge in [0.05, 0.1) is 13.7 Å². The average Bonchev–Trinajstić information content (AvgIpc) is 2.67. The molecule has 1 aromatic rings. The van der Waals surface area contributed by atoms with E-state index in [1.54, 1.807) is 7.11 Å². The fraction of sp³-hybridized carbons (Fsp3) is 0.632. The van der Waals surface area contributed by atoms with Crippen molar-refractivity contribution in [2.24, 2.45) is 4.99 Å². The van der Waals surface area contributed by atoms with Gasteiger partial charge in [0, 0.05) is 32.9 Å². The molecule has 2 N–H and O–H groups in total. The molecule has 0 aliphatic heterocycles. The summed E-state index contributed by atoms with van der Waals surface area (Å²) in [6, 6.07) is 7.59. The Bertz CT molecular complexity index is 558. The topological polar surface area (TPSA) is 64.1 Å². The van der Waals surface area contributed by atoms with E-state index >= 15 is 0 Å². The van der Waals surface area contributed by atoms with Gasteiger partial charge in [0.15, 0.2) is 5.96 Å². The second kappa shape index (κ2) is 16.5. The molecule has 0 saturated heterocycles. The van der Waals surface area contributed by atoms with Crippen molar-refractivity contribution in [2.45, 2.75) is 32.5 Å². The van der Waals surface area contributed by atoms with Crippen LogP contribution in [-0.2, 0) is 16.0 Å². The zero-order valence-electron chi connectivity index (χ0n) is 16.9. The summed E-state index contributed by atoms with van der Waals surface area (Å²) >= 11 is 0. The Hall–Kier alpha value is -1.27. The summed E-state index contributed by atoms with van der Waals surface area (Å²) in [7, 11) is 1.61. The average molecular weight is 533 g/mol. The van der Waals surface area contributed by atoms with E-state index in [0.29, 0.717) is 45.2 Å². The normalized spacial score (nSPS) is 11.7. The van der Waals surface area contributed by atoms with E-state index < -0.39 is 12.8 Å². The minimum absolute atomic E-state index is 0. The molecule has 0 heterocycles. The van der Waals surface area contributed by atoms with E-state index in [-0.39, 0.29) is 30.6 Å². The van der Waals surface area contributed by atoms with Crippen molar-refractivity contribution in [1.29, 1.82) is 0 Å². The van der Waals surface area contributed by atoms with Crippen molar-refractivity contribution in [3.63, 3.8) is 0 Å². The molecule has 0 aliphatic rings. The first kappa shape index (κ1) is 27.7. The van der Waals surface area contributed by atoms with Gasteiger partial charge in [-0.3, -0.25) is 0 Å². The highest BCUT2D eigenvalue weighted by molar-refractivity contribution is 14.0. The molecule has 10 heteroatoms. The number of benzene rings is 1. The van der Waals surface area contributed by atoms with Crippen LogP contribution in [0.1, 0.15) is 25.3 Å². The summed E-state index contributed by atoms with van der Waals surface area (Å²) in [6.07, 6.45) is -3.02. The lowest BCUT2D eigenvalue weighted by Crippen LogP contribution is -2.39. The molecule has 29 heavy (non-hydrogen) atoms. The van der Waals surface area contributed by atoms with E-state index in [2.05, 4.69) is 20.4 Å². The second-order valence-corrected chi connectivity index (χ2v) is 5.94. The predicted octanol–water partition coefficient (Wildman–Crippen LogP) is 3.74. The van der Waals surface area contributed by atoms with Crippen LogP contribution in [0.2, 0.25) is 0 Å². The molecule has 168 valence electrons. The van der Waals surface area contributed by atoms with Crippen LogP contribution in [0.4, 0.5) is 13.2 Å². The number of halogens is 4. The highest BCUT2D eigenvalue weighted by Gasteiger charge is 2.27. The molecule has 0 spiro atoms. The van der Waals surface area contributed by atoms with Crippen molar-refractivity contribution in [2.75, 3.05) is 46.6 Å². The molecule has 0 radical (unpaired) electrons. The van der Waals surface area contributed by atoms with Gasteiger partial charge in [-0.25, -0.2) is 4.99 Å². The first-order valence-electron chi connectivity index (χ1n) is 9.32. The first-order valence-corrected chi connectivity index (χ1v) is 9.32. The van der Waals surface area contributed by atoms with E-state index in [4.69, 9.17) is 9.47 Å². The van der Waals surface area contributed by atoms with E-state index in [1.807, 2.05) is 31.2 Å². The molecule has 0 saturated carbocycles. The van der Waals surface area contributed by atoms with Crippen LogP contribution in [0.25, 0.3) is 0 Å². The SMILES string of the molecule is CCOCCCNC(=NCc1ccc(OC)cc1)NCCCOCC(F)(F)F.I. The number of nitrogens with zero attached hydrogens (tertiary/aromatic N) is 1. The van der Waals surface area contributed by atoms with Crippen LogP contribution in [0.15, 0.2) is 29.3 Å². The van der Waals surface area contributed by atoms with Crippen LogP contribution in [0, 0.1) is 0 Å². The van der Waals surface area contributed by atoms with Crippen molar-refractivity contribution < 1.29 is 27.4 Å². The molecule has 0 amide bonds. The maximum atomic E-state index is 12.0. The van der Waals surface area contributed by atoms with Crippen LogP contribution < -0.4 is 15.4 Å². The van der Waals surface area contributed by atoms with Gasteiger partial charge in [0.2, 0.25) is 0 Å². The third-order valence-corrected chi connectivity index (χ3v) is 3.56. The Morgan fingerprint density at radius 2 is 1.59 bits per heavy atom. The Balaban J connectivity index is 0.00000784. The third kappa shape index (κ3) is 15.3. The molecule has 1 rings (SSSR count). The molecule has 1 aromatic carbocycles. The van der Waals surface area contributed by atoms with Gasteiger partial charge in [-0.15, -0.1) is 24.0 Å². The number of hydrogen-bond donors (Lipinski definition) is 2. The number of nitrogens with one attached hydrogen (secondary N) is 2. The maximum absolute atomic E-state index is 12.0. The molecular weight excluding hydrogens is 502 g/mol. The van der Waals surface area contributed by atoms with E-state index in [9.17, 15) is 13.2 Å². The van der Waals surface area contributed by atoms with E-state index in [0.717, 1.165) is 17.7 Å².